The highest BCUT2D eigenvalue weighted by atomic mass is 32.1. The molecule has 0 N–H and O–H groups in total. The molecule has 1 aromatic heterocycles. The Balaban J connectivity index is 1.80. The Bertz CT molecular complexity index is 394. The Morgan fingerprint density at radius 3 is 3.17 bits per heavy atom. The van der Waals surface area contributed by atoms with E-state index in [1.54, 1.807) is 18.4 Å². The van der Waals surface area contributed by atoms with Crippen LogP contribution in [0.1, 0.15) is 24.6 Å². The topological polar surface area (TPSA) is 42.4 Å². The minimum absolute atomic E-state index is 0.134. The first kappa shape index (κ1) is 13.5. The van der Waals surface area contributed by atoms with Crippen molar-refractivity contribution in [3.8, 4) is 0 Å². The molecule has 0 spiro atoms. The molecule has 5 heteroatoms. The van der Waals surface area contributed by atoms with Crippen LogP contribution in [-0.2, 0) is 16.0 Å². The highest BCUT2D eigenvalue weighted by molar-refractivity contribution is 7.09. The molecule has 18 heavy (non-hydrogen) atoms. The molecule has 1 aromatic rings. The van der Waals surface area contributed by atoms with E-state index in [4.69, 9.17) is 4.74 Å². The molecule has 1 atom stereocenters. The summed E-state index contributed by atoms with van der Waals surface area (Å²) < 4.78 is 5.23. The van der Waals surface area contributed by atoms with Crippen molar-refractivity contribution in [3.05, 3.63) is 16.6 Å². The molecule has 100 valence electrons. The van der Waals surface area contributed by atoms with Crippen LogP contribution in [-0.4, -0.2) is 42.6 Å². The molecule has 0 saturated carbocycles. The fraction of sp³-hybridized carbons (Fsp3) is 0.692. The number of thiazole rings is 1. The number of aromatic nitrogens is 1. The van der Waals surface area contributed by atoms with E-state index in [0.29, 0.717) is 6.42 Å². The maximum atomic E-state index is 12.1. The summed E-state index contributed by atoms with van der Waals surface area (Å²) in [7, 11) is 1.72. The molecule has 0 radical (unpaired) electrons. The lowest BCUT2D eigenvalue weighted by Gasteiger charge is -2.23. The van der Waals surface area contributed by atoms with Crippen molar-refractivity contribution in [1.82, 2.24) is 9.88 Å². The number of hydrogen-bond acceptors (Lipinski definition) is 4. The average Bonchev–Trinajstić information content (AvgIpc) is 2.96. The summed E-state index contributed by atoms with van der Waals surface area (Å²) in [6.07, 6.45) is 4.27. The Morgan fingerprint density at radius 2 is 2.50 bits per heavy atom. The predicted octanol–water partition coefficient (Wildman–Crippen LogP) is 1.96. The van der Waals surface area contributed by atoms with Crippen LogP contribution in [0.3, 0.4) is 0 Å². The first-order chi connectivity index (χ1) is 8.63. The number of aryl methyl sites for hydroxylation is 1. The minimum atomic E-state index is 0.134. The largest absolute Gasteiger partial charge is 0.384 e. The van der Waals surface area contributed by atoms with Crippen LogP contribution in [0.15, 0.2) is 11.7 Å². The smallest absolute Gasteiger partial charge is 0.222 e. The van der Waals surface area contributed by atoms with Gasteiger partial charge in [-0.2, -0.15) is 0 Å². The summed E-state index contributed by atoms with van der Waals surface area (Å²) >= 11 is 1.61. The number of likely N-dealkylation sites (tertiary alicyclic amines) is 1. The second-order valence-corrected chi connectivity index (χ2v) is 6.25. The van der Waals surface area contributed by atoms with Crippen LogP contribution in [0, 0.1) is 5.41 Å². The van der Waals surface area contributed by atoms with Gasteiger partial charge in [0, 0.05) is 43.1 Å². The third-order valence-corrected chi connectivity index (χ3v) is 4.31. The fourth-order valence-electron chi connectivity index (χ4n) is 2.46. The van der Waals surface area contributed by atoms with Crippen molar-refractivity contribution in [2.24, 2.45) is 5.41 Å². The summed E-state index contributed by atoms with van der Waals surface area (Å²) in [6.45, 7) is 4.60. The molecule has 4 nitrogen and oxygen atoms in total. The summed E-state index contributed by atoms with van der Waals surface area (Å²) in [6, 6.07) is 0. The Kier molecular flexibility index (Phi) is 4.35. The van der Waals surface area contributed by atoms with Gasteiger partial charge >= 0.3 is 0 Å². The summed E-state index contributed by atoms with van der Waals surface area (Å²) in [4.78, 5) is 19.3. The van der Waals surface area contributed by atoms with Gasteiger partial charge in [0.25, 0.3) is 0 Å². The van der Waals surface area contributed by atoms with E-state index >= 15 is 0 Å². The highest BCUT2D eigenvalue weighted by Gasteiger charge is 2.35. The minimum Gasteiger partial charge on any atom is -0.384 e. The maximum absolute atomic E-state index is 12.1. The lowest BCUT2D eigenvalue weighted by atomic mass is 9.91. The van der Waals surface area contributed by atoms with E-state index in [9.17, 15) is 4.79 Å². The first-order valence-electron chi connectivity index (χ1n) is 6.27. The molecule has 2 rings (SSSR count). The third kappa shape index (κ3) is 3.29. The van der Waals surface area contributed by atoms with Gasteiger partial charge in [-0.15, -0.1) is 11.3 Å². The number of hydrogen-bond donors (Lipinski definition) is 0. The van der Waals surface area contributed by atoms with Crippen molar-refractivity contribution in [2.45, 2.75) is 26.2 Å². The zero-order valence-electron chi connectivity index (χ0n) is 11.0. The van der Waals surface area contributed by atoms with Gasteiger partial charge in [0.1, 0.15) is 0 Å². The van der Waals surface area contributed by atoms with Gasteiger partial charge in [-0.3, -0.25) is 9.78 Å². The van der Waals surface area contributed by atoms with Crippen LogP contribution in [0.5, 0.6) is 0 Å². The van der Waals surface area contributed by atoms with E-state index in [2.05, 4.69) is 11.9 Å². The second-order valence-electron chi connectivity index (χ2n) is 5.28. The molecule has 0 aliphatic carbocycles. The van der Waals surface area contributed by atoms with Crippen molar-refractivity contribution >= 4 is 17.2 Å². The van der Waals surface area contributed by atoms with Crippen LogP contribution < -0.4 is 0 Å². The zero-order valence-corrected chi connectivity index (χ0v) is 11.8. The van der Waals surface area contributed by atoms with Gasteiger partial charge < -0.3 is 9.64 Å². The van der Waals surface area contributed by atoms with Crippen molar-refractivity contribution in [3.63, 3.8) is 0 Å². The maximum Gasteiger partial charge on any atom is 0.222 e. The quantitative estimate of drug-likeness (QED) is 0.820. The van der Waals surface area contributed by atoms with Gasteiger partial charge in [0.15, 0.2) is 0 Å². The van der Waals surface area contributed by atoms with Crippen molar-refractivity contribution in [1.29, 1.82) is 0 Å². The van der Waals surface area contributed by atoms with Crippen LogP contribution in [0.2, 0.25) is 0 Å². The fourth-order valence-corrected chi connectivity index (χ4v) is 3.06. The van der Waals surface area contributed by atoms with Gasteiger partial charge in [0.2, 0.25) is 5.91 Å². The number of rotatable bonds is 5. The van der Waals surface area contributed by atoms with Gasteiger partial charge in [-0.1, -0.05) is 6.92 Å². The number of methoxy groups -OCH3 is 1. The highest BCUT2D eigenvalue weighted by Crippen LogP contribution is 2.30. The van der Waals surface area contributed by atoms with Gasteiger partial charge in [0.05, 0.1) is 12.1 Å². The van der Waals surface area contributed by atoms with E-state index in [-0.39, 0.29) is 11.3 Å². The zero-order chi connectivity index (χ0) is 13.0. The molecule has 0 unspecified atom stereocenters. The van der Waals surface area contributed by atoms with Gasteiger partial charge in [-0.25, -0.2) is 0 Å². The van der Waals surface area contributed by atoms with Crippen molar-refractivity contribution < 1.29 is 9.53 Å². The van der Waals surface area contributed by atoms with Crippen LogP contribution >= 0.6 is 11.3 Å². The van der Waals surface area contributed by atoms with Crippen LogP contribution in [0.4, 0.5) is 0 Å². The molecule has 1 aliphatic rings. The molecule has 1 amide bonds. The second kappa shape index (κ2) is 5.80. The van der Waals surface area contributed by atoms with E-state index in [1.165, 1.54) is 4.88 Å². The number of carbonyl (C=O) groups is 1. The number of ether oxygens (including phenoxy) is 1. The molecular formula is C13H20N2O2S. The van der Waals surface area contributed by atoms with E-state index in [0.717, 1.165) is 32.5 Å². The number of amides is 1. The Hall–Kier alpha value is -0.940. The molecule has 1 aliphatic heterocycles. The molecule has 1 fully saturated rings. The summed E-state index contributed by atoms with van der Waals surface area (Å²) in [5.41, 5.74) is 1.94. The average molecular weight is 268 g/mol. The Morgan fingerprint density at radius 1 is 1.67 bits per heavy atom. The summed E-state index contributed by atoms with van der Waals surface area (Å²) in [5, 5.41) is 0. The Labute approximate surface area is 112 Å². The SMILES string of the molecule is COC[C@@]1(C)CCN(C(=O)CCc2cncs2)C1. The predicted molar refractivity (Wildman–Crippen MR) is 71.6 cm³/mol. The molecular weight excluding hydrogens is 248 g/mol. The van der Waals surface area contributed by atoms with Crippen LogP contribution in [0.25, 0.3) is 0 Å². The van der Waals surface area contributed by atoms with Crippen molar-refractivity contribution in [2.75, 3.05) is 26.8 Å². The standard InChI is InChI=1S/C13H20N2O2S/c1-13(9-17-2)5-6-15(8-13)12(16)4-3-11-7-14-10-18-11/h7,10H,3-6,8-9H2,1-2H3/t13-/m0/s1. The van der Waals surface area contributed by atoms with Gasteiger partial charge in [-0.05, 0) is 12.8 Å². The monoisotopic (exact) mass is 268 g/mol. The summed E-state index contributed by atoms with van der Waals surface area (Å²) in [5.74, 6) is 0.253. The normalized spacial score (nSPS) is 23.6. The third-order valence-electron chi connectivity index (χ3n) is 3.47. The molecule has 1 saturated heterocycles. The lowest BCUT2D eigenvalue weighted by Crippen LogP contribution is -2.32. The molecule has 0 aromatic carbocycles. The van der Waals surface area contributed by atoms with E-state index < -0.39 is 0 Å². The molecule has 2 heterocycles. The molecule has 0 bridgehead atoms. The lowest BCUT2D eigenvalue weighted by molar-refractivity contribution is -0.130. The first-order valence-corrected chi connectivity index (χ1v) is 7.15. The number of carbonyl (C=O) groups excluding carboxylic acids is 1. The van der Waals surface area contributed by atoms with E-state index in [1.807, 2.05) is 16.6 Å². The number of nitrogens with zero attached hydrogens (tertiary/aromatic N) is 2.